The largest absolute Gasteiger partial charge is 0.481 e. The molecular weight excluding hydrogens is 324 g/mol. The van der Waals surface area contributed by atoms with Crippen LogP contribution in [0.2, 0.25) is 0 Å². The van der Waals surface area contributed by atoms with E-state index in [1.165, 1.54) is 0 Å². The molecule has 1 aliphatic rings. The first-order chi connectivity index (χ1) is 11.6. The number of rotatable bonds is 3. The summed E-state index contributed by atoms with van der Waals surface area (Å²) in [6.07, 6.45) is 3.75. The van der Waals surface area contributed by atoms with Crippen molar-refractivity contribution in [3.63, 3.8) is 0 Å². The Morgan fingerprint density at radius 2 is 2.08 bits per heavy atom. The van der Waals surface area contributed by atoms with E-state index < -0.39 is 0 Å². The van der Waals surface area contributed by atoms with Crippen LogP contribution in [0.15, 0.2) is 24.4 Å². The molecule has 2 N–H and O–H groups in total. The van der Waals surface area contributed by atoms with E-state index in [-0.39, 0.29) is 5.54 Å². The average Bonchev–Trinajstić information content (AvgIpc) is 3.15. The van der Waals surface area contributed by atoms with E-state index in [1.54, 1.807) is 24.6 Å². The lowest BCUT2D eigenvalue weighted by Crippen LogP contribution is -2.48. The number of piperidine rings is 1. The molecular formula is C16H20N6OS. The lowest BCUT2D eigenvalue weighted by molar-refractivity contribution is 0.363. The molecule has 0 atom stereocenters. The number of nitrogens with zero attached hydrogens (tertiary/aromatic N) is 5. The highest BCUT2D eigenvalue weighted by molar-refractivity contribution is 7.20. The second kappa shape index (κ2) is 5.71. The van der Waals surface area contributed by atoms with Gasteiger partial charge >= 0.3 is 0 Å². The normalized spacial score (nSPS) is 17.4. The van der Waals surface area contributed by atoms with Crippen molar-refractivity contribution in [2.75, 3.05) is 25.1 Å². The van der Waals surface area contributed by atoms with Gasteiger partial charge in [-0.2, -0.15) is 4.52 Å². The third-order valence-corrected chi connectivity index (χ3v) is 5.43. The van der Waals surface area contributed by atoms with Gasteiger partial charge in [0.25, 0.3) is 0 Å². The fraction of sp³-hybridized carbons (Fsp3) is 0.438. The number of pyridine rings is 1. The third kappa shape index (κ3) is 2.71. The second-order valence-electron chi connectivity index (χ2n) is 6.43. The fourth-order valence-electron chi connectivity index (χ4n) is 2.87. The molecule has 0 radical (unpaired) electrons. The van der Waals surface area contributed by atoms with Crippen molar-refractivity contribution in [1.29, 1.82) is 0 Å². The van der Waals surface area contributed by atoms with Crippen molar-refractivity contribution in [2.45, 2.75) is 25.3 Å². The SMILES string of the molecule is COc1cccc(-c2cnc3sc(N4CCC(C)(N)CC4)nn23)n1. The number of methoxy groups -OCH3 is 1. The quantitative estimate of drug-likeness (QED) is 0.784. The van der Waals surface area contributed by atoms with Gasteiger partial charge in [0.2, 0.25) is 16.0 Å². The molecule has 1 saturated heterocycles. The first-order valence-electron chi connectivity index (χ1n) is 7.95. The number of imidazole rings is 1. The number of fused-ring (bicyclic) bond motifs is 1. The summed E-state index contributed by atoms with van der Waals surface area (Å²) in [7, 11) is 1.61. The number of hydrogen-bond acceptors (Lipinski definition) is 7. The Morgan fingerprint density at radius 1 is 1.29 bits per heavy atom. The molecule has 0 spiro atoms. The van der Waals surface area contributed by atoms with E-state index >= 15 is 0 Å². The number of anilines is 1. The number of aromatic nitrogens is 4. The van der Waals surface area contributed by atoms with Gasteiger partial charge in [-0.25, -0.2) is 9.97 Å². The Bertz CT molecular complexity index is 860. The minimum Gasteiger partial charge on any atom is -0.481 e. The van der Waals surface area contributed by atoms with E-state index in [1.807, 2.05) is 22.7 Å². The predicted molar refractivity (Wildman–Crippen MR) is 94.7 cm³/mol. The van der Waals surface area contributed by atoms with Gasteiger partial charge in [-0.15, -0.1) is 5.10 Å². The molecule has 0 aliphatic carbocycles. The van der Waals surface area contributed by atoms with Gasteiger partial charge in [0, 0.05) is 24.7 Å². The first-order valence-corrected chi connectivity index (χ1v) is 8.77. The minimum atomic E-state index is -0.0659. The van der Waals surface area contributed by atoms with Crippen LogP contribution in [-0.2, 0) is 0 Å². The van der Waals surface area contributed by atoms with Crippen LogP contribution in [0.1, 0.15) is 19.8 Å². The van der Waals surface area contributed by atoms with E-state index in [0.717, 1.165) is 47.4 Å². The molecule has 126 valence electrons. The van der Waals surface area contributed by atoms with Crippen LogP contribution >= 0.6 is 11.3 Å². The third-order valence-electron chi connectivity index (χ3n) is 4.45. The van der Waals surface area contributed by atoms with Gasteiger partial charge in [0.1, 0.15) is 5.69 Å². The van der Waals surface area contributed by atoms with Crippen LogP contribution in [0.5, 0.6) is 5.88 Å². The summed E-state index contributed by atoms with van der Waals surface area (Å²) < 4.78 is 7.07. The zero-order valence-electron chi connectivity index (χ0n) is 13.8. The molecule has 0 aromatic carbocycles. The second-order valence-corrected chi connectivity index (χ2v) is 7.36. The van der Waals surface area contributed by atoms with Crippen LogP contribution in [0.3, 0.4) is 0 Å². The molecule has 1 aliphatic heterocycles. The lowest BCUT2D eigenvalue weighted by atomic mass is 9.91. The molecule has 0 bridgehead atoms. The Morgan fingerprint density at radius 3 is 2.83 bits per heavy atom. The van der Waals surface area contributed by atoms with Crippen molar-refractivity contribution in [3.05, 3.63) is 24.4 Å². The monoisotopic (exact) mass is 344 g/mol. The number of ether oxygens (including phenoxy) is 1. The summed E-state index contributed by atoms with van der Waals surface area (Å²) in [5.41, 5.74) is 7.82. The molecule has 0 amide bonds. The molecule has 3 aromatic rings. The maximum absolute atomic E-state index is 6.22. The fourth-order valence-corrected chi connectivity index (χ4v) is 3.79. The molecule has 0 saturated carbocycles. The van der Waals surface area contributed by atoms with Crippen LogP contribution in [0, 0.1) is 0 Å². The highest BCUT2D eigenvalue weighted by Gasteiger charge is 2.28. The van der Waals surface area contributed by atoms with Crippen molar-refractivity contribution in [3.8, 4) is 17.3 Å². The van der Waals surface area contributed by atoms with E-state index in [0.29, 0.717) is 5.88 Å². The summed E-state index contributed by atoms with van der Waals surface area (Å²) in [5.74, 6) is 0.580. The molecule has 4 heterocycles. The Kier molecular flexibility index (Phi) is 3.65. The molecule has 4 rings (SSSR count). The van der Waals surface area contributed by atoms with Crippen molar-refractivity contribution >= 4 is 21.4 Å². The molecule has 8 heteroatoms. The van der Waals surface area contributed by atoms with Crippen molar-refractivity contribution < 1.29 is 4.74 Å². The standard InChI is InChI=1S/C16H20N6OS/c1-16(17)6-8-21(9-7-16)15-20-22-12(10-18-14(22)24-15)11-4-3-5-13(19-11)23-2/h3-5,10H,6-9,17H2,1-2H3. The van der Waals surface area contributed by atoms with Crippen LogP contribution in [0.4, 0.5) is 5.13 Å². The molecule has 1 fully saturated rings. The molecule has 0 unspecified atom stereocenters. The smallest absolute Gasteiger partial charge is 0.214 e. The van der Waals surface area contributed by atoms with Gasteiger partial charge < -0.3 is 15.4 Å². The maximum atomic E-state index is 6.22. The summed E-state index contributed by atoms with van der Waals surface area (Å²) in [6.45, 7) is 3.97. The van der Waals surface area contributed by atoms with Crippen LogP contribution in [0.25, 0.3) is 16.3 Å². The molecule has 7 nitrogen and oxygen atoms in total. The van der Waals surface area contributed by atoms with Gasteiger partial charge in [-0.1, -0.05) is 17.4 Å². The maximum Gasteiger partial charge on any atom is 0.214 e. The van der Waals surface area contributed by atoms with Crippen LogP contribution < -0.4 is 15.4 Å². The molecule has 3 aromatic heterocycles. The molecule has 24 heavy (non-hydrogen) atoms. The Balaban J connectivity index is 1.66. The summed E-state index contributed by atoms with van der Waals surface area (Å²) in [4.78, 5) is 12.1. The van der Waals surface area contributed by atoms with Crippen molar-refractivity contribution in [1.82, 2.24) is 19.6 Å². The highest BCUT2D eigenvalue weighted by atomic mass is 32.1. The van der Waals surface area contributed by atoms with Gasteiger partial charge in [0.05, 0.1) is 19.0 Å². The zero-order valence-corrected chi connectivity index (χ0v) is 14.6. The van der Waals surface area contributed by atoms with E-state index in [9.17, 15) is 0 Å². The highest BCUT2D eigenvalue weighted by Crippen LogP contribution is 2.30. The first kappa shape index (κ1) is 15.3. The summed E-state index contributed by atoms with van der Waals surface area (Å²) in [5, 5.41) is 5.74. The Labute approximate surface area is 144 Å². The van der Waals surface area contributed by atoms with Gasteiger partial charge in [-0.05, 0) is 25.8 Å². The zero-order chi connectivity index (χ0) is 16.7. The predicted octanol–water partition coefficient (Wildman–Crippen LogP) is 2.18. The number of nitrogens with two attached hydrogens (primary N) is 1. The van der Waals surface area contributed by atoms with Crippen molar-refractivity contribution in [2.24, 2.45) is 5.73 Å². The lowest BCUT2D eigenvalue weighted by Gasteiger charge is -2.36. The average molecular weight is 344 g/mol. The van der Waals surface area contributed by atoms with Gasteiger partial charge in [0.15, 0.2) is 0 Å². The summed E-state index contributed by atoms with van der Waals surface area (Å²) in [6, 6.07) is 5.68. The number of hydrogen-bond donors (Lipinski definition) is 1. The summed E-state index contributed by atoms with van der Waals surface area (Å²) >= 11 is 1.60. The Hall–Kier alpha value is -2.19. The van der Waals surface area contributed by atoms with E-state index in [2.05, 4.69) is 21.8 Å². The minimum absolute atomic E-state index is 0.0659. The topological polar surface area (TPSA) is 81.6 Å². The van der Waals surface area contributed by atoms with Gasteiger partial charge in [-0.3, -0.25) is 0 Å². The van der Waals surface area contributed by atoms with E-state index in [4.69, 9.17) is 15.6 Å². The van der Waals surface area contributed by atoms with Crippen LogP contribution in [-0.4, -0.2) is 45.3 Å².